The van der Waals surface area contributed by atoms with E-state index in [1.807, 2.05) is 43.4 Å². The Hall–Kier alpha value is -3.08. The van der Waals surface area contributed by atoms with Gasteiger partial charge in [-0.15, -0.1) is 0 Å². The zero-order chi connectivity index (χ0) is 17.8. The molecule has 5 heteroatoms. The van der Waals surface area contributed by atoms with E-state index in [0.29, 0.717) is 24.2 Å². The van der Waals surface area contributed by atoms with Crippen LogP contribution in [0.4, 0.5) is 11.4 Å². The highest BCUT2D eigenvalue weighted by Crippen LogP contribution is 2.46. The summed E-state index contributed by atoms with van der Waals surface area (Å²) in [6.45, 7) is 1.35. The summed E-state index contributed by atoms with van der Waals surface area (Å²) >= 11 is 0. The molecule has 5 rings (SSSR count). The van der Waals surface area contributed by atoms with Crippen molar-refractivity contribution < 1.29 is 9.59 Å². The molecule has 2 aromatic carbocycles. The van der Waals surface area contributed by atoms with Crippen molar-refractivity contribution in [3.8, 4) is 0 Å². The Morgan fingerprint density at radius 1 is 0.885 bits per heavy atom. The van der Waals surface area contributed by atoms with Crippen LogP contribution in [0, 0.1) is 0 Å². The maximum atomic E-state index is 12.7. The number of carbonyl (C=O) groups is 2. The number of anilines is 2. The molecule has 0 bridgehead atoms. The largest absolute Gasteiger partial charge is 0.384 e. The number of benzene rings is 2. The van der Waals surface area contributed by atoms with Crippen molar-refractivity contribution >= 4 is 23.2 Å². The summed E-state index contributed by atoms with van der Waals surface area (Å²) in [7, 11) is 2.03. The van der Waals surface area contributed by atoms with Crippen molar-refractivity contribution in [2.24, 2.45) is 0 Å². The first-order valence-corrected chi connectivity index (χ1v) is 8.87. The van der Waals surface area contributed by atoms with Crippen LogP contribution >= 0.6 is 0 Å². The number of hydrogen-bond acceptors (Lipinski definition) is 4. The maximum absolute atomic E-state index is 12.7. The van der Waals surface area contributed by atoms with E-state index in [1.54, 1.807) is 0 Å². The third kappa shape index (κ3) is 2.03. The highest BCUT2D eigenvalue weighted by atomic mass is 16.2. The molecular formula is C21H19N3O2. The summed E-state index contributed by atoms with van der Waals surface area (Å²) in [6.07, 6.45) is 0. The molecule has 0 radical (unpaired) electrons. The third-order valence-electron chi connectivity index (χ3n) is 5.72. The molecule has 2 amide bonds. The Morgan fingerprint density at radius 3 is 2.35 bits per heavy atom. The van der Waals surface area contributed by atoms with Gasteiger partial charge in [0.1, 0.15) is 0 Å². The predicted octanol–water partition coefficient (Wildman–Crippen LogP) is 2.38. The van der Waals surface area contributed by atoms with Gasteiger partial charge in [0.25, 0.3) is 11.8 Å². The molecule has 2 N–H and O–H groups in total. The number of likely N-dealkylation sites (N-methyl/N-ethyl adjacent to an activating group) is 1. The molecule has 3 aliphatic heterocycles. The number of imide groups is 1. The summed E-state index contributed by atoms with van der Waals surface area (Å²) in [5, 5.41) is 5.91. The molecule has 2 aromatic rings. The molecule has 0 saturated carbocycles. The van der Waals surface area contributed by atoms with Gasteiger partial charge in [-0.3, -0.25) is 14.9 Å². The topological polar surface area (TPSA) is 61.4 Å². The lowest BCUT2D eigenvalue weighted by Gasteiger charge is -2.17. The Morgan fingerprint density at radius 2 is 1.54 bits per heavy atom. The maximum Gasteiger partial charge on any atom is 0.255 e. The fourth-order valence-electron chi connectivity index (χ4n) is 4.56. The number of carbonyl (C=O) groups excluding carboxylic acids is 2. The average Bonchev–Trinajstić information content (AvgIpc) is 3.29. The quantitative estimate of drug-likeness (QED) is 0.821. The van der Waals surface area contributed by atoms with Gasteiger partial charge in [-0.1, -0.05) is 36.4 Å². The van der Waals surface area contributed by atoms with Gasteiger partial charge < -0.3 is 10.2 Å². The van der Waals surface area contributed by atoms with Gasteiger partial charge in [0.05, 0.1) is 0 Å². The Labute approximate surface area is 151 Å². The molecular weight excluding hydrogens is 326 g/mol. The molecule has 0 saturated heterocycles. The zero-order valence-corrected chi connectivity index (χ0v) is 14.5. The first kappa shape index (κ1) is 15.2. The first-order chi connectivity index (χ1) is 12.6. The van der Waals surface area contributed by atoms with E-state index in [9.17, 15) is 9.59 Å². The van der Waals surface area contributed by atoms with Crippen molar-refractivity contribution in [1.29, 1.82) is 0 Å². The minimum atomic E-state index is -0.250. The van der Waals surface area contributed by atoms with Crippen LogP contribution in [0.2, 0.25) is 0 Å². The van der Waals surface area contributed by atoms with Gasteiger partial charge in [0, 0.05) is 54.5 Å². The highest BCUT2D eigenvalue weighted by molar-refractivity contribution is 6.21. The van der Waals surface area contributed by atoms with E-state index in [-0.39, 0.29) is 23.7 Å². The highest BCUT2D eigenvalue weighted by Gasteiger charge is 2.43. The fraction of sp³-hybridized carbons (Fsp3) is 0.238. The van der Waals surface area contributed by atoms with E-state index in [4.69, 9.17) is 0 Å². The number of para-hydroxylation sites is 2. The standard InChI is InChI=1S/C21H19N3O2/c1-24-11-15(13-7-3-5-9-17(13)24)19-18(20(25)23-21(19)26)14-10-22-16-8-4-2-6-12(14)16/h2-9,14-15,22H,10-11H2,1H3,(H,23,25,26). The van der Waals surface area contributed by atoms with Gasteiger partial charge in [-0.2, -0.15) is 0 Å². The first-order valence-electron chi connectivity index (χ1n) is 8.87. The normalized spacial score (nSPS) is 23.8. The molecule has 5 nitrogen and oxygen atoms in total. The molecule has 26 heavy (non-hydrogen) atoms. The molecule has 2 unspecified atom stereocenters. The minimum Gasteiger partial charge on any atom is -0.384 e. The number of rotatable bonds is 2. The number of fused-ring (bicyclic) bond motifs is 2. The van der Waals surface area contributed by atoms with Crippen LogP contribution in [0.3, 0.4) is 0 Å². The second kappa shape index (κ2) is 5.46. The molecule has 2 atom stereocenters. The van der Waals surface area contributed by atoms with E-state index >= 15 is 0 Å². The van der Waals surface area contributed by atoms with E-state index in [2.05, 4.69) is 27.7 Å². The molecule has 0 aliphatic carbocycles. The molecule has 130 valence electrons. The average molecular weight is 345 g/mol. The van der Waals surface area contributed by atoms with Gasteiger partial charge >= 0.3 is 0 Å². The third-order valence-corrected chi connectivity index (χ3v) is 5.72. The summed E-state index contributed by atoms with van der Waals surface area (Å²) in [5.41, 5.74) is 5.64. The van der Waals surface area contributed by atoms with Gasteiger partial charge in [0.15, 0.2) is 0 Å². The lowest BCUT2D eigenvalue weighted by Crippen LogP contribution is -2.26. The number of amides is 2. The van der Waals surface area contributed by atoms with Crippen molar-refractivity contribution in [2.75, 3.05) is 30.4 Å². The van der Waals surface area contributed by atoms with Crippen LogP contribution < -0.4 is 15.5 Å². The van der Waals surface area contributed by atoms with E-state index in [1.165, 1.54) is 0 Å². The smallest absolute Gasteiger partial charge is 0.255 e. The van der Waals surface area contributed by atoms with Crippen LogP contribution in [-0.2, 0) is 9.59 Å². The summed E-state index contributed by atoms with van der Waals surface area (Å²) in [6, 6.07) is 16.1. The Kier molecular flexibility index (Phi) is 3.19. The van der Waals surface area contributed by atoms with Crippen molar-refractivity contribution in [3.05, 3.63) is 70.8 Å². The monoisotopic (exact) mass is 345 g/mol. The SMILES string of the molecule is CN1CC(C2=C(C3CNc4ccccc43)C(=O)NC2=O)c2ccccc21. The van der Waals surface area contributed by atoms with Gasteiger partial charge in [-0.25, -0.2) is 0 Å². The van der Waals surface area contributed by atoms with Crippen LogP contribution in [0.15, 0.2) is 59.7 Å². The summed E-state index contributed by atoms with van der Waals surface area (Å²) in [5.74, 6) is -0.666. The zero-order valence-electron chi connectivity index (χ0n) is 14.5. The predicted molar refractivity (Wildman–Crippen MR) is 100 cm³/mol. The van der Waals surface area contributed by atoms with Crippen LogP contribution in [0.25, 0.3) is 0 Å². The van der Waals surface area contributed by atoms with Crippen LogP contribution in [-0.4, -0.2) is 32.0 Å². The summed E-state index contributed by atoms with van der Waals surface area (Å²) in [4.78, 5) is 27.6. The summed E-state index contributed by atoms with van der Waals surface area (Å²) < 4.78 is 0. The van der Waals surface area contributed by atoms with E-state index < -0.39 is 0 Å². The number of nitrogens with one attached hydrogen (secondary N) is 2. The molecule has 3 aliphatic rings. The molecule has 3 heterocycles. The number of nitrogens with zero attached hydrogens (tertiary/aromatic N) is 1. The van der Waals surface area contributed by atoms with Crippen molar-refractivity contribution in [2.45, 2.75) is 11.8 Å². The fourth-order valence-corrected chi connectivity index (χ4v) is 4.56. The van der Waals surface area contributed by atoms with Crippen molar-refractivity contribution in [3.63, 3.8) is 0 Å². The van der Waals surface area contributed by atoms with Crippen LogP contribution in [0.5, 0.6) is 0 Å². The van der Waals surface area contributed by atoms with Crippen LogP contribution in [0.1, 0.15) is 23.0 Å². The van der Waals surface area contributed by atoms with Gasteiger partial charge in [0.2, 0.25) is 0 Å². The molecule has 0 spiro atoms. The number of hydrogen-bond donors (Lipinski definition) is 2. The Bertz CT molecular complexity index is 979. The van der Waals surface area contributed by atoms with Gasteiger partial charge in [-0.05, 0) is 23.3 Å². The second-order valence-corrected chi connectivity index (χ2v) is 7.12. The van der Waals surface area contributed by atoms with Crippen molar-refractivity contribution in [1.82, 2.24) is 5.32 Å². The molecule has 0 fully saturated rings. The minimum absolute atomic E-state index is 0.0783. The lowest BCUT2D eigenvalue weighted by molar-refractivity contribution is -0.124. The van der Waals surface area contributed by atoms with E-state index in [0.717, 1.165) is 22.5 Å². The second-order valence-electron chi connectivity index (χ2n) is 7.12. The lowest BCUT2D eigenvalue weighted by atomic mass is 9.83. The molecule has 0 aromatic heterocycles. The Balaban J connectivity index is 1.67.